The third-order valence-corrected chi connectivity index (χ3v) is 5.35. The van der Waals surface area contributed by atoms with Crippen LogP contribution < -0.4 is 5.32 Å². The minimum Gasteiger partial charge on any atom is -0.478 e. The zero-order valence-electron chi connectivity index (χ0n) is 10.8. The first-order chi connectivity index (χ1) is 9.06. The Morgan fingerprint density at radius 3 is 2.84 bits per heavy atom. The molecule has 0 amide bonds. The Kier molecular flexibility index (Phi) is 4.58. The minimum atomic E-state index is -1.03. The van der Waals surface area contributed by atoms with Gasteiger partial charge in [0.15, 0.2) is 0 Å². The molecule has 1 aromatic heterocycles. The molecule has 6 heteroatoms. The van der Waals surface area contributed by atoms with E-state index in [4.69, 9.17) is 16.7 Å². The van der Waals surface area contributed by atoms with Gasteiger partial charge in [-0.25, -0.2) is 9.78 Å². The van der Waals surface area contributed by atoms with Gasteiger partial charge in [0.05, 0.1) is 10.6 Å². The molecular formula is C13H17ClN2O2S. The van der Waals surface area contributed by atoms with E-state index in [2.05, 4.69) is 16.6 Å². The quantitative estimate of drug-likeness (QED) is 0.871. The van der Waals surface area contributed by atoms with Crippen molar-refractivity contribution in [2.45, 2.75) is 30.4 Å². The number of hydrogen-bond acceptors (Lipinski definition) is 4. The second kappa shape index (κ2) is 6.01. The van der Waals surface area contributed by atoms with E-state index in [1.165, 1.54) is 37.9 Å². The number of hydrogen-bond donors (Lipinski definition) is 2. The maximum atomic E-state index is 11.0. The lowest BCUT2D eigenvalue weighted by molar-refractivity contribution is 0.0697. The van der Waals surface area contributed by atoms with E-state index >= 15 is 0 Å². The van der Waals surface area contributed by atoms with Crippen LogP contribution in [-0.4, -0.2) is 33.6 Å². The average molecular weight is 301 g/mol. The molecule has 104 valence electrons. The van der Waals surface area contributed by atoms with Crippen molar-refractivity contribution < 1.29 is 9.90 Å². The second-order valence-corrected chi connectivity index (χ2v) is 6.48. The monoisotopic (exact) mass is 300 g/mol. The van der Waals surface area contributed by atoms with Gasteiger partial charge >= 0.3 is 5.97 Å². The van der Waals surface area contributed by atoms with E-state index in [0.717, 1.165) is 6.54 Å². The van der Waals surface area contributed by atoms with Crippen LogP contribution in [0.2, 0.25) is 5.02 Å². The highest BCUT2D eigenvalue weighted by Gasteiger charge is 2.32. The van der Waals surface area contributed by atoms with E-state index in [1.807, 2.05) is 11.8 Å². The lowest BCUT2D eigenvalue weighted by Crippen LogP contribution is -2.30. The summed E-state index contributed by atoms with van der Waals surface area (Å²) in [5.74, 6) is -0.460. The summed E-state index contributed by atoms with van der Waals surface area (Å²) in [4.78, 5) is 15.1. The van der Waals surface area contributed by atoms with E-state index in [0.29, 0.717) is 5.82 Å². The van der Waals surface area contributed by atoms with Crippen LogP contribution in [0.4, 0.5) is 5.82 Å². The van der Waals surface area contributed by atoms with Gasteiger partial charge in [0, 0.05) is 17.5 Å². The number of anilines is 1. The molecule has 1 saturated carbocycles. The lowest BCUT2D eigenvalue weighted by atomic mass is 10.1. The largest absolute Gasteiger partial charge is 0.478 e. The number of aromatic carboxylic acids is 1. The Morgan fingerprint density at radius 1 is 1.58 bits per heavy atom. The van der Waals surface area contributed by atoms with Gasteiger partial charge in [-0.3, -0.25) is 0 Å². The summed E-state index contributed by atoms with van der Waals surface area (Å²) in [6, 6.07) is 1.49. The van der Waals surface area contributed by atoms with Crippen molar-refractivity contribution in [2.75, 3.05) is 18.1 Å². The van der Waals surface area contributed by atoms with Crippen molar-refractivity contribution in [1.29, 1.82) is 0 Å². The summed E-state index contributed by atoms with van der Waals surface area (Å²) < 4.78 is 0.255. The molecule has 0 saturated heterocycles. The van der Waals surface area contributed by atoms with Crippen LogP contribution in [0.25, 0.3) is 0 Å². The van der Waals surface area contributed by atoms with Gasteiger partial charge in [-0.05, 0) is 25.2 Å². The molecular weight excluding hydrogens is 284 g/mol. The lowest BCUT2D eigenvalue weighted by Gasteiger charge is -2.27. The summed E-state index contributed by atoms with van der Waals surface area (Å²) in [6.45, 7) is 0.807. The van der Waals surface area contributed by atoms with Crippen molar-refractivity contribution in [1.82, 2.24) is 4.98 Å². The van der Waals surface area contributed by atoms with Crippen LogP contribution in [0.3, 0.4) is 0 Å². The highest BCUT2D eigenvalue weighted by Crippen LogP contribution is 2.40. The summed E-state index contributed by atoms with van der Waals surface area (Å²) in [6.07, 6.45) is 8.42. The third kappa shape index (κ3) is 3.34. The van der Waals surface area contributed by atoms with E-state index in [9.17, 15) is 4.79 Å². The molecule has 0 radical (unpaired) electrons. The standard InChI is InChI=1S/C13H17ClN2O2S/c1-19-13(4-2-3-5-13)8-16-11-6-9(12(17)18)10(14)7-15-11/h6-7H,2-5,8H2,1H3,(H,15,16)(H,17,18). The summed E-state index contributed by atoms with van der Waals surface area (Å²) in [5, 5.41) is 12.4. The zero-order chi connectivity index (χ0) is 13.9. The molecule has 2 N–H and O–H groups in total. The normalized spacial score (nSPS) is 17.4. The fraction of sp³-hybridized carbons (Fsp3) is 0.538. The number of carboxylic acid groups (broad SMARTS) is 1. The molecule has 19 heavy (non-hydrogen) atoms. The Balaban J connectivity index is 2.07. The topological polar surface area (TPSA) is 62.2 Å². The smallest absolute Gasteiger partial charge is 0.337 e. The number of carbonyl (C=O) groups is 1. The second-order valence-electron chi connectivity index (χ2n) is 4.80. The Morgan fingerprint density at radius 2 is 2.26 bits per heavy atom. The number of carboxylic acids is 1. The molecule has 0 atom stereocenters. The predicted octanol–water partition coefficient (Wildman–Crippen LogP) is 3.52. The Labute approximate surface area is 121 Å². The van der Waals surface area contributed by atoms with Gasteiger partial charge in [-0.1, -0.05) is 24.4 Å². The van der Waals surface area contributed by atoms with Gasteiger partial charge in [0.2, 0.25) is 0 Å². The maximum Gasteiger partial charge on any atom is 0.337 e. The first-order valence-electron chi connectivity index (χ1n) is 6.24. The molecule has 0 bridgehead atoms. The van der Waals surface area contributed by atoms with Gasteiger partial charge in [-0.2, -0.15) is 11.8 Å². The van der Waals surface area contributed by atoms with Crippen LogP contribution in [0, 0.1) is 0 Å². The summed E-state index contributed by atoms with van der Waals surface area (Å²) in [5.41, 5.74) is 0.0868. The first kappa shape index (κ1) is 14.5. The molecule has 0 unspecified atom stereocenters. The van der Waals surface area contributed by atoms with Crippen LogP contribution in [0.5, 0.6) is 0 Å². The van der Waals surface area contributed by atoms with Crippen LogP contribution in [0.15, 0.2) is 12.3 Å². The summed E-state index contributed by atoms with van der Waals surface area (Å²) >= 11 is 7.68. The van der Waals surface area contributed by atoms with Gasteiger partial charge < -0.3 is 10.4 Å². The molecule has 0 spiro atoms. The molecule has 4 nitrogen and oxygen atoms in total. The number of rotatable bonds is 5. The first-order valence-corrected chi connectivity index (χ1v) is 7.84. The van der Waals surface area contributed by atoms with Crippen LogP contribution in [-0.2, 0) is 0 Å². The minimum absolute atomic E-state index is 0.0868. The Bertz CT molecular complexity index is 476. The zero-order valence-corrected chi connectivity index (χ0v) is 12.4. The van der Waals surface area contributed by atoms with Gasteiger partial charge in [-0.15, -0.1) is 0 Å². The molecule has 1 aliphatic carbocycles. The van der Waals surface area contributed by atoms with E-state index in [-0.39, 0.29) is 15.3 Å². The van der Waals surface area contributed by atoms with Crippen LogP contribution in [0.1, 0.15) is 36.0 Å². The molecule has 1 aromatic rings. The number of nitrogens with zero attached hydrogens (tertiary/aromatic N) is 1. The van der Waals surface area contributed by atoms with Crippen molar-refractivity contribution in [2.24, 2.45) is 0 Å². The number of aromatic nitrogens is 1. The molecule has 2 rings (SSSR count). The Hall–Kier alpha value is -0.940. The van der Waals surface area contributed by atoms with Gasteiger partial charge in [0.1, 0.15) is 5.82 Å². The number of pyridine rings is 1. The number of thioether (sulfide) groups is 1. The fourth-order valence-corrected chi connectivity index (χ4v) is 3.52. The highest BCUT2D eigenvalue weighted by atomic mass is 35.5. The van der Waals surface area contributed by atoms with Crippen molar-refractivity contribution in [3.8, 4) is 0 Å². The summed E-state index contributed by atoms with van der Waals surface area (Å²) in [7, 11) is 0. The third-order valence-electron chi connectivity index (χ3n) is 3.63. The van der Waals surface area contributed by atoms with Crippen molar-refractivity contribution in [3.63, 3.8) is 0 Å². The molecule has 0 aromatic carbocycles. The molecule has 1 fully saturated rings. The average Bonchev–Trinajstić information content (AvgIpc) is 2.87. The van der Waals surface area contributed by atoms with Crippen LogP contribution >= 0.6 is 23.4 Å². The van der Waals surface area contributed by atoms with E-state index in [1.54, 1.807) is 0 Å². The SMILES string of the molecule is CSC1(CNc2cc(C(=O)O)c(Cl)cn2)CCCC1. The predicted molar refractivity (Wildman–Crippen MR) is 79.4 cm³/mol. The number of halogens is 1. The molecule has 0 aliphatic heterocycles. The maximum absolute atomic E-state index is 11.0. The highest BCUT2D eigenvalue weighted by molar-refractivity contribution is 8.00. The van der Waals surface area contributed by atoms with E-state index < -0.39 is 5.97 Å². The number of nitrogens with one attached hydrogen (secondary N) is 1. The van der Waals surface area contributed by atoms with Crippen molar-refractivity contribution in [3.05, 3.63) is 22.8 Å². The van der Waals surface area contributed by atoms with Crippen molar-refractivity contribution >= 4 is 35.1 Å². The van der Waals surface area contributed by atoms with Gasteiger partial charge in [0.25, 0.3) is 0 Å². The molecule has 1 heterocycles. The fourth-order valence-electron chi connectivity index (χ4n) is 2.42. The molecule has 1 aliphatic rings.